The molecule has 0 saturated heterocycles. The van der Waals surface area contributed by atoms with Crippen molar-refractivity contribution >= 4 is 5.91 Å². The van der Waals surface area contributed by atoms with Crippen LogP contribution in [0.3, 0.4) is 0 Å². The monoisotopic (exact) mass is 325 g/mol. The number of hydrogen-bond acceptors (Lipinski definition) is 5. The van der Waals surface area contributed by atoms with Crippen LogP contribution in [0.1, 0.15) is 12.7 Å². The van der Waals surface area contributed by atoms with Crippen LogP contribution in [0.4, 0.5) is 0 Å². The topological polar surface area (TPSA) is 85.8 Å². The van der Waals surface area contributed by atoms with E-state index in [1.807, 2.05) is 49.5 Å². The molecule has 2 aromatic heterocycles. The van der Waals surface area contributed by atoms with Crippen LogP contribution in [0, 0.1) is 5.92 Å². The molecule has 1 atom stereocenters. The zero-order valence-electron chi connectivity index (χ0n) is 13.4. The minimum atomic E-state index is -0.157. The van der Waals surface area contributed by atoms with E-state index in [1.54, 1.807) is 10.9 Å². The molecule has 0 aliphatic rings. The van der Waals surface area contributed by atoms with E-state index in [2.05, 4.69) is 20.6 Å². The Kier molecular flexibility index (Phi) is 5.00. The van der Waals surface area contributed by atoms with Crippen molar-refractivity contribution in [1.82, 2.24) is 25.2 Å². The molecule has 1 aromatic carbocycles. The lowest BCUT2D eigenvalue weighted by molar-refractivity contribution is -0.124. The number of amides is 1. The predicted octanol–water partition coefficient (Wildman–Crippen LogP) is 1.93. The van der Waals surface area contributed by atoms with Gasteiger partial charge >= 0.3 is 0 Å². The first-order chi connectivity index (χ1) is 11.7. The largest absolute Gasteiger partial charge is 0.355 e. The number of nitrogens with zero attached hydrogens (tertiary/aromatic N) is 4. The average molecular weight is 325 g/mol. The summed E-state index contributed by atoms with van der Waals surface area (Å²) in [5.74, 6) is 0.894. The van der Waals surface area contributed by atoms with Crippen molar-refractivity contribution in [3.8, 4) is 11.5 Å². The van der Waals surface area contributed by atoms with Gasteiger partial charge in [-0.1, -0.05) is 30.3 Å². The van der Waals surface area contributed by atoms with Crippen LogP contribution in [0.2, 0.25) is 0 Å². The van der Waals surface area contributed by atoms with E-state index in [-0.39, 0.29) is 11.8 Å². The third-order valence-corrected chi connectivity index (χ3v) is 3.60. The number of benzene rings is 1. The van der Waals surface area contributed by atoms with E-state index in [4.69, 9.17) is 4.52 Å². The van der Waals surface area contributed by atoms with Gasteiger partial charge in [0.25, 0.3) is 5.89 Å². The van der Waals surface area contributed by atoms with Gasteiger partial charge in [0.05, 0.1) is 12.5 Å². The maximum Gasteiger partial charge on any atom is 0.257 e. The first-order valence-electron chi connectivity index (χ1n) is 7.85. The van der Waals surface area contributed by atoms with Gasteiger partial charge in [0.15, 0.2) is 5.82 Å². The highest BCUT2D eigenvalue weighted by atomic mass is 16.5. The van der Waals surface area contributed by atoms with Gasteiger partial charge in [-0.15, -0.1) is 0 Å². The zero-order valence-corrected chi connectivity index (χ0v) is 13.4. The summed E-state index contributed by atoms with van der Waals surface area (Å²) in [6.07, 6.45) is 4.07. The highest BCUT2D eigenvalue weighted by molar-refractivity contribution is 5.78. The molecular weight excluding hydrogens is 306 g/mol. The minimum Gasteiger partial charge on any atom is -0.355 e. The van der Waals surface area contributed by atoms with E-state index in [0.29, 0.717) is 31.2 Å². The van der Waals surface area contributed by atoms with Crippen LogP contribution >= 0.6 is 0 Å². The van der Waals surface area contributed by atoms with E-state index < -0.39 is 0 Å². The number of nitrogens with one attached hydrogen (secondary N) is 1. The molecule has 0 radical (unpaired) electrons. The van der Waals surface area contributed by atoms with Gasteiger partial charge in [0.2, 0.25) is 5.91 Å². The van der Waals surface area contributed by atoms with Gasteiger partial charge in [0.1, 0.15) is 0 Å². The van der Waals surface area contributed by atoms with E-state index in [1.165, 1.54) is 0 Å². The van der Waals surface area contributed by atoms with E-state index in [9.17, 15) is 4.79 Å². The first kappa shape index (κ1) is 15.9. The van der Waals surface area contributed by atoms with Crippen LogP contribution in [0.15, 0.2) is 53.3 Å². The summed E-state index contributed by atoms with van der Waals surface area (Å²) in [6.45, 7) is 2.90. The maximum absolute atomic E-state index is 12.1. The Morgan fingerprint density at radius 2 is 2.12 bits per heavy atom. The quantitative estimate of drug-likeness (QED) is 0.717. The van der Waals surface area contributed by atoms with Gasteiger partial charge in [-0.05, 0) is 18.2 Å². The highest BCUT2D eigenvalue weighted by Gasteiger charge is 2.14. The second-order valence-corrected chi connectivity index (χ2v) is 5.55. The first-order valence-corrected chi connectivity index (χ1v) is 7.85. The van der Waals surface area contributed by atoms with Crippen molar-refractivity contribution in [3.63, 3.8) is 0 Å². The maximum atomic E-state index is 12.1. The van der Waals surface area contributed by atoms with E-state index >= 15 is 0 Å². The normalized spacial score (nSPS) is 12.0. The molecule has 3 aromatic rings. The van der Waals surface area contributed by atoms with Crippen molar-refractivity contribution in [2.45, 2.75) is 19.9 Å². The summed E-state index contributed by atoms with van der Waals surface area (Å²) in [5.41, 5.74) is 0.883. The van der Waals surface area contributed by atoms with Crippen molar-refractivity contribution < 1.29 is 9.32 Å². The van der Waals surface area contributed by atoms with Crippen molar-refractivity contribution in [2.24, 2.45) is 5.92 Å². The molecule has 0 saturated carbocycles. The Balaban J connectivity index is 1.46. The molecule has 0 aliphatic heterocycles. The minimum absolute atomic E-state index is 0.0164. The molecule has 1 N–H and O–H groups in total. The predicted molar refractivity (Wildman–Crippen MR) is 87.8 cm³/mol. The smallest absolute Gasteiger partial charge is 0.257 e. The highest BCUT2D eigenvalue weighted by Crippen LogP contribution is 2.15. The molecule has 0 fully saturated rings. The summed E-state index contributed by atoms with van der Waals surface area (Å²) in [5, 5.41) is 10.9. The lowest BCUT2D eigenvalue weighted by Crippen LogP contribution is -2.33. The lowest BCUT2D eigenvalue weighted by Gasteiger charge is -2.11. The van der Waals surface area contributed by atoms with Gasteiger partial charge in [-0.25, -0.2) is 0 Å². The molecule has 0 bridgehead atoms. The SMILES string of the molecule is C[C@@H](Cn1cccn1)C(=O)NCCc1noc(-c2ccccc2)n1. The van der Waals surface area contributed by atoms with Crippen LogP contribution in [0.5, 0.6) is 0 Å². The summed E-state index contributed by atoms with van der Waals surface area (Å²) in [4.78, 5) is 16.4. The second kappa shape index (κ2) is 7.54. The van der Waals surface area contributed by atoms with Gasteiger partial charge in [0, 0.05) is 30.9 Å². The lowest BCUT2D eigenvalue weighted by atomic mass is 10.1. The number of carbonyl (C=O) groups excluding carboxylic acids is 1. The fraction of sp³-hybridized carbons (Fsp3) is 0.294. The van der Waals surface area contributed by atoms with E-state index in [0.717, 1.165) is 5.56 Å². The molecule has 1 amide bonds. The fourth-order valence-electron chi connectivity index (χ4n) is 2.30. The van der Waals surface area contributed by atoms with Gasteiger partial charge < -0.3 is 9.84 Å². The molecule has 7 nitrogen and oxygen atoms in total. The van der Waals surface area contributed by atoms with Crippen molar-refractivity contribution in [1.29, 1.82) is 0 Å². The number of carbonyl (C=O) groups is 1. The van der Waals surface area contributed by atoms with Crippen LogP contribution in [-0.2, 0) is 17.8 Å². The summed E-state index contributed by atoms with van der Waals surface area (Å²) < 4.78 is 6.99. The molecular formula is C17H19N5O2. The summed E-state index contributed by atoms with van der Waals surface area (Å²) in [6, 6.07) is 11.4. The Morgan fingerprint density at radius 3 is 2.88 bits per heavy atom. The molecule has 0 spiro atoms. The standard InChI is InChI=1S/C17H19N5O2/c1-13(12-22-11-5-9-19-22)16(23)18-10-8-15-20-17(24-21-15)14-6-3-2-4-7-14/h2-7,9,11,13H,8,10,12H2,1H3,(H,18,23)/t13-/m0/s1. The molecule has 124 valence electrons. The third-order valence-electron chi connectivity index (χ3n) is 3.60. The summed E-state index contributed by atoms with van der Waals surface area (Å²) >= 11 is 0. The van der Waals surface area contributed by atoms with Crippen LogP contribution in [-0.4, -0.2) is 32.4 Å². The molecule has 24 heavy (non-hydrogen) atoms. The zero-order chi connectivity index (χ0) is 16.8. The van der Waals surface area contributed by atoms with Crippen LogP contribution in [0.25, 0.3) is 11.5 Å². The number of hydrogen-bond donors (Lipinski definition) is 1. The van der Waals surface area contributed by atoms with Crippen LogP contribution < -0.4 is 5.32 Å². The van der Waals surface area contributed by atoms with Gasteiger partial charge in [-0.3, -0.25) is 9.48 Å². The number of rotatable bonds is 7. The Labute approximate surface area is 139 Å². The molecule has 0 aliphatic carbocycles. The second-order valence-electron chi connectivity index (χ2n) is 5.55. The average Bonchev–Trinajstić information content (AvgIpc) is 3.27. The molecule has 2 heterocycles. The third kappa shape index (κ3) is 4.07. The number of aromatic nitrogens is 4. The Bertz CT molecular complexity index is 767. The fourth-order valence-corrected chi connectivity index (χ4v) is 2.30. The summed E-state index contributed by atoms with van der Waals surface area (Å²) in [7, 11) is 0. The van der Waals surface area contributed by atoms with Crippen molar-refractivity contribution in [3.05, 3.63) is 54.6 Å². The molecule has 3 rings (SSSR count). The van der Waals surface area contributed by atoms with Crippen molar-refractivity contribution in [2.75, 3.05) is 6.54 Å². The Hall–Kier alpha value is -2.96. The van der Waals surface area contributed by atoms with Gasteiger partial charge in [-0.2, -0.15) is 10.1 Å². The Morgan fingerprint density at radius 1 is 1.29 bits per heavy atom. The molecule has 7 heteroatoms. The molecule has 0 unspecified atom stereocenters.